The maximum absolute atomic E-state index is 14.0. The van der Waals surface area contributed by atoms with Crippen LogP contribution in [0.5, 0.6) is 5.75 Å². The number of ether oxygens (including phenoxy) is 2. The highest BCUT2D eigenvalue weighted by Gasteiger charge is 2.56. The number of H-pyrrole nitrogens is 1. The molecule has 4 aromatic rings. The fourth-order valence-electron chi connectivity index (χ4n) is 5.41. The Morgan fingerprint density at radius 2 is 1.68 bits per heavy atom. The lowest BCUT2D eigenvalue weighted by Crippen LogP contribution is -2.32. The third-order valence-corrected chi connectivity index (χ3v) is 9.81. The van der Waals surface area contributed by atoms with E-state index in [1.807, 2.05) is 19.1 Å². The van der Waals surface area contributed by atoms with Crippen LogP contribution in [-0.2, 0) is 19.1 Å². The summed E-state index contributed by atoms with van der Waals surface area (Å²) in [4.78, 5) is 69.3. The Hall–Kier alpha value is -4.68. The van der Waals surface area contributed by atoms with Gasteiger partial charge in [-0.1, -0.05) is 59.0 Å². The highest BCUT2D eigenvalue weighted by atomic mass is 32.2. The predicted octanol–water partition coefficient (Wildman–Crippen LogP) is 4.73. The van der Waals surface area contributed by atoms with Gasteiger partial charge in [0.25, 0.3) is 5.91 Å². The Morgan fingerprint density at radius 3 is 2.41 bits per heavy atom. The second kappa shape index (κ2) is 12.1. The second-order valence-electron chi connectivity index (χ2n) is 10.3. The molecule has 10 nitrogen and oxygen atoms in total. The van der Waals surface area contributed by atoms with E-state index in [4.69, 9.17) is 9.47 Å². The molecule has 0 bridgehead atoms. The third kappa shape index (κ3) is 5.53. The quantitative estimate of drug-likeness (QED) is 0.211. The van der Waals surface area contributed by atoms with Crippen LogP contribution >= 0.6 is 23.1 Å². The molecular weight excluding hydrogens is 603 g/mol. The van der Waals surface area contributed by atoms with Crippen molar-refractivity contribution in [1.29, 1.82) is 0 Å². The van der Waals surface area contributed by atoms with Crippen LogP contribution in [0, 0.1) is 12.8 Å². The lowest BCUT2D eigenvalue weighted by atomic mass is 9.82. The van der Waals surface area contributed by atoms with Crippen molar-refractivity contribution in [2.24, 2.45) is 5.92 Å². The van der Waals surface area contributed by atoms with Crippen molar-refractivity contribution in [2.75, 3.05) is 23.4 Å². The number of carbonyl (C=O) groups is 4. The normalized spacial score (nSPS) is 18.9. The zero-order valence-electron chi connectivity index (χ0n) is 23.7. The number of nitrogens with zero attached hydrogens (tertiary/aromatic N) is 1. The standard InChI is InChI=1S/C32H27N3O7S2/c1-3-41-31(39)18-10-12-19(13-11-18)33-23(36)16-42-22-7-5-4-6-21(22)24-25-27(43-28-26(24)44-32(40)34-28)30(38)35(29(25)37)20-14-8-17(2)9-15-20/h4-15,24-25,27H,3,16H2,1-2H3,(H,33,36)(H,34,40)/t24-,25?,27?/m1/s1. The number of aromatic amines is 1. The summed E-state index contributed by atoms with van der Waals surface area (Å²) in [6.07, 6.45) is 0. The molecule has 0 spiro atoms. The van der Waals surface area contributed by atoms with Crippen LogP contribution in [0.4, 0.5) is 11.4 Å². The number of hydrogen-bond acceptors (Lipinski definition) is 9. The number of nitrogens with one attached hydrogen (secondary N) is 2. The van der Waals surface area contributed by atoms with Gasteiger partial charge >= 0.3 is 10.8 Å². The number of para-hydroxylation sites is 1. The smallest absolute Gasteiger partial charge is 0.338 e. The fourth-order valence-corrected chi connectivity index (χ4v) is 7.92. The van der Waals surface area contributed by atoms with Gasteiger partial charge in [0, 0.05) is 22.0 Å². The van der Waals surface area contributed by atoms with Crippen LogP contribution in [0.1, 0.15) is 39.2 Å². The number of fused-ring (bicyclic) bond motifs is 2. The lowest BCUT2D eigenvalue weighted by molar-refractivity contribution is -0.122. The van der Waals surface area contributed by atoms with E-state index >= 15 is 0 Å². The van der Waals surface area contributed by atoms with Crippen molar-refractivity contribution in [1.82, 2.24) is 4.98 Å². The molecule has 3 atom stereocenters. The zero-order chi connectivity index (χ0) is 31.0. The largest absolute Gasteiger partial charge is 0.483 e. The first-order chi connectivity index (χ1) is 21.2. The molecule has 2 aliphatic heterocycles. The topological polar surface area (TPSA) is 135 Å². The van der Waals surface area contributed by atoms with Crippen molar-refractivity contribution in [3.05, 3.63) is 104 Å². The molecule has 3 aromatic carbocycles. The van der Waals surface area contributed by atoms with E-state index in [9.17, 15) is 24.0 Å². The van der Waals surface area contributed by atoms with Crippen molar-refractivity contribution in [2.45, 2.75) is 30.0 Å². The molecule has 1 aromatic heterocycles. The van der Waals surface area contributed by atoms with Gasteiger partial charge in [-0.2, -0.15) is 0 Å². The molecular formula is C32H27N3O7S2. The fraction of sp³-hybridized carbons (Fsp3) is 0.219. The summed E-state index contributed by atoms with van der Waals surface area (Å²) < 4.78 is 11.0. The number of hydrogen-bond donors (Lipinski definition) is 2. The molecule has 1 saturated heterocycles. The first-order valence-corrected chi connectivity index (χ1v) is 15.6. The highest BCUT2D eigenvalue weighted by molar-refractivity contribution is 8.00. The van der Waals surface area contributed by atoms with Gasteiger partial charge in [0.15, 0.2) is 6.61 Å². The summed E-state index contributed by atoms with van der Waals surface area (Å²) in [6, 6.07) is 20.5. The van der Waals surface area contributed by atoms with Gasteiger partial charge < -0.3 is 19.8 Å². The average molecular weight is 630 g/mol. The third-order valence-electron chi connectivity index (χ3n) is 7.41. The molecule has 2 aliphatic rings. The van der Waals surface area contributed by atoms with Crippen LogP contribution in [0.25, 0.3) is 0 Å². The molecule has 0 saturated carbocycles. The monoisotopic (exact) mass is 629 g/mol. The lowest BCUT2D eigenvalue weighted by Gasteiger charge is -2.30. The van der Waals surface area contributed by atoms with Crippen molar-refractivity contribution < 1.29 is 28.7 Å². The minimum atomic E-state index is -0.788. The maximum atomic E-state index is 14.0. The first-order valence-electron chi connectivity index (χ1n) is 13.9. The number of thiazole rings is 1. The minimum Gasteiger partial charge on any atom is -0.483 e. The van der Waals surface area contributed by atoms with Crippen molar-refractivity contribution in [3.8, 4) is 5.75 Å². The van der Waals surface area contributed by atoms with Crippen LogP contribution in [0.2, 0.25) is 0 Å². The van der Waals surface area contributed by atoms with Crippen LogP contribution in [0.15, 0.2) is 82.6 Å². The van der Waals surface area contributed by atoms with Gasteiger partial charge in [-0.05, 0) is 56.3 Å². The Kier molecular flexibility index (Phi) is 8.11. The van der Waals surface area contributed by atoms with Gasteiger partial charge in [-0.3, -0.25) is 19.2 Å². The van der Waals surface area contributed by atoms with Crippen molar-refractivity contribution in [3.63, 3.8) is 0 Å². The number of aryl methyl sites for hydroxylation is 1. The molecule has 2 N–H and O–H groups in total. The molecule has 12 heteroatoms. The predicted molar refractivity (Wildman–Crippen MR) is 167 cm³/mol. The minimum absolute atomic E-state index is 0.261. The van der Waals surface area contributed by atoms with Gasteiger partial charge in [-0.25, -0.2) is 9.69 Å². The average Bonchev–Trinajstić information content (AvgIpc) is 3.51. The molecule has 3 amide bonds. The molecule has 0 radical (unpaired) electrons. The number of benzene rings is 3. The summed E-state index contributed by atoms with van der Waals surface area (Å²) in [7, 11) is 0. The maximum Gasteiger partial charge on any atom is 0.338 e. The Morgan fingerprint density at radius 1 is 0.955 bits per heavy atom. The number of esters is 1. The van der Waals surface area contributed by atoms with E-state index < -0.39 is 29.0 Å². The van der Waals surface area contributed by atoms with Crippen LogP contribution in [-0.4, -0.2) is 47.1 Å². The van der Waals surface area contributed by atoms with Crippen molar-refractivity contribution >= 4 is 58.2 Å². The highest BCUT2D eigenvalue weighted by Crippen LogP contribution is 2.54. The second-order valence-corrected chi connectivity index (χ2v) is 12.4. The number of aromatic nitrogens is 1. The Bertz CT molecular complexity index is 1810. The number of thioether (sulfide) groups is 1. The molecule has 2 unspecified atom stereocenters. The molecule has 44 heavy (non-hydrogen) atoms. The van der Waals surface area contributed by atoms with E-state index in [2.05, 4.69) is 10.3 Å². The number of carbonyl (C=O) groups excluding carboxylic acids is 4. The van der Waals surface area contributed by atoms with Gasteiger partial charge in [-0.15, -0.1) is 0 Å². The SMILES string of the molecule is CCOC(=O)c1ccc(NC(=O)COc2ccccc2[C@H]2c3sc(=O)[nH]c3SC3C(=O)N(c4ccc(C)cc4)C(=O)C32)cc1. The Balaban J connectivity index is 1.26. The summed E-state index contributed by atoms with van der Waals surface area (Å²) >= 11 is 2.20. The first kappa shape index (κ1) is 29.4. The van der Waals surface area contributed by atoms with E-state index in [1.54, 1.807) is 67.6 Å². The van der Waals surface area contributed by atoms with E-state index in [0.717, 1.165) is 16.9 Å². The van der Waals surface area contributed by atoms with E-state index in [0.29, 0.717) is 38.2 Å². The molecule has 6 rings (SSSR count). The molecule has 3 heterocycles. The molecule has 224 valence electrons. The van der Waals surface area contributed by atoms with Gasteiger partial charge in [0.05, 0.1) is 28.8 Å². The van der Waals surface area contributed by atoms with Gasteiger partial charge in [0.1, 0.15) is 11.0 Å². The van der Waals surface area contributed by atoms with Crippen LogP contribution in [0.3, 0.4) is 0 Å². The van der Waals surface area contributed by atoms with E-state index in [-0.39, 0.29) is 29.9 Å². The number of anilines is 2. The van der Waals surface area contributed by atoms with Crippen LogP contribution < -0.4 is 19.8 Å². The van der Waals surface area contributed by atoms with Gasteiger partial charge in [0.2, 0.25) is 11.8 Å². The number of amides is 3. The molecule has 0 aliphatic carbocycles. The molecule has 1 fully saturated rings. The summed E-state index contributed by atoms with van der Waals surface area (Å²) in [5, 5.41) is 2.54. The summed E-state index contributed by atoms with van der Waals surface area (Å²) in [5.41, 5.74) is 2.93. The number of rotatable bonds is 8. The Labute approximate surface area is 260 Å². The van der Waals surface area contributed by atoms with E-state index in [1.165, 1.54) is 16.7 Å². The summed E-state index contributed by atoms with van der Waals surface area (Å²) in [5.74, 6) is -2.67. The summed E-state index contributed by atoms with van der Waals surface area (Å²) in [6.45, 7) is 3.57. The number of imide groups is 1. The zero-order valence-corrected chi connectivity index (χ0v) is 25.3.